The number of carbonyl (C=O) groups is 4. The van der Waals surface area contributed by atoms with Gasteiger partial charge >= 0.3 is 5.97 Å². The van der Waals surface area contributed by atoms with Gasteiger partial charge in [-0.15, -0.1) is 0 Å². The van der Waals surface area contributed by atoms with E-state index in [1.807, 2.05) is 13.8 Å². The Morgan fingerprint density at radius 2 is 1.75 bits per heavy atom. The number of allylic oxidation sites excluding steroid dienone is 3. The standard InChI is InChI=1S/C38H55NO9/c1-7-11-34(42)39-17-10-8-9-12-30-29(41)18-25(4)28(40)22-27-21-26(5)38(46-27)16-15-37(6)33(48-38)14-13-31(47-37)36-32(45-36)19-23(2)24(3)20-35(43)44-30/h8-10,17,20,23,25-27,30-33,36H,7,11-16,18-19,21-22H2,1-6H3,(H,39,42). The normalized spacial score (nSPS) is 41.1. The molecule has 7 aliphatic rings. The molecule has 0 aromatic rings. The molecule has 1 amide bonds. The van der Waals surface area contributed by atoms with Crippen molar-refractivity contribution in [2.45, 2.75) is 160 Å². The van der Waals surface area contributed by atoms with Gasteiger partial charge in [-0.2, -0.15) is 0 Å². The summed E-state index contributed by atoms with van der Waals surface area (Å²) >= 11 is 0. The van der Waals surface area contributed by atoms with Crippen LogP contribution >= 0.6 is 0 Å². The first kappa shape index (κ1) is 36.6. The van der Waals surface area contributed by atoms with E-state index in [0.717, 1.165) is 37.7 Å². The molecule has 4 saturated heterocycles. The third-order valence-electron chi connectivity index (χ3n) is 11.1. The van der Waals surface area contributed by atoms with Gasteiger partial charge in [0.1, 0.15) is 11.9 Å². The van der Waals surface area contributed by atoms with E-state index >= 15 is 0 Å². The quantitative estimate of drug-likeness (QED) is 0.211. The van der Waals surface area contributed by atoms with Gasteiger partial charge in [0.05, 0.1) is 30.0 Å². The molecule has 4 fully saturated rings. The van der Waals surface area contributed by atoms with Crippen LogP contribution < -0.4 is 5.32 Å². The fourth-order valence-corrected chi connectivity index (χ4v) is 7.76. The topological polar surface area (TPSA) is 130 Å². The number of amides is 1. The molecule has 0 radical (unpaired) electrons. The number of Topliss-reactive ketones (excluding diaryl/α,β-unsaturated/α-hetero) is 2. The first-order valence-corrected chi connectivity index (χ1v) is 18.1. The number of ether oxygens (including phenoxy) is 5. The monoisotopic (exact) mass is 669 g/mol. The summed E-state index contributed by atoms with van der Waals surface area (Å²) in [6, 6.07) is 0. The van der Waals surface area contributed by atoms with E-state index in [9.17, 15) is 19.2 Å². The first-order chi connectivity index (χ1) is 22.8. The summed E-state index contributed by atoms with van der Waals surface area (Å²) < 4.78 is 31.9. The van der Waals surface area contributed by atoms with Crippen LogP contribution in [0.3, 0.4) is 0 Å². The first-order valence-electron chi connectivity index (χ1n) is 18.1. The number of carbonyl (C=O) groups excluding carboxylic acids is 4. The van der Waals surface area contributed by atoms with Crippen LogP contribution in [0.4, 0.5) is 0 Å². The summed E-state index contributed by atoms with van der Waals surface area (Å²) in [6.07, 6.45) is 12.8. The molecule has 7 heterocycles. The van der Waals surface area contributed by atoms with Crippen LogP contribution in [0.15, 0.2) is 36.1 Å². The predicted octanol–water partition coefficient (Wildman–Crippen LogP) is 5.82. The van der Waals surface area contributed by atoms with Crippen molar-refractivity contribution in [3.05, 3.63) is 36.1 Å². The van der Waals surface area contributed by atoms with Crippen LogP contribution in [0.2, 0.25) is 0 Å². The Balaban J connectivity index is 1.31. The van der Waals surface area contributed by atoms with Crippen molar-refractivity contribution in [1.82, 2.24) is 5.32 Å². The molecule has 266 valence electrons. The fourth-order valence-electron chi connectivity index (χ4n) is 7.76. The molecule has 11 atom stereocenters. The summed E-state index contributed by atoms with van der Waals surface area (Å²) in [5.74, 6) is -2.16. The summed E-state index contributed by atoms with van der Waals surface area (Å²) in [4.78, 5) is 51.7. The SMILES string of the molecule is CCCC(=O)NC=CC=CCC1OC(=O)C=C(C)C(C)CC2OC2C2CCC3OC4(CCC3(C)O2)OC(CC(=O)C(C)CC1=O)CC4C. The summed E-state index contributed by atoms with van der Waals surface area (Å²) in [5.41, 5.74) is 0.422. The van der Waals surface area contributed by atoms with Crippen molar-refractivity contribution < 1.29 is 42.9 Å². The van der Waals surface area contributed by atoms with Crippen molar-refractivity contribution in [2.75, 3.05) is 0 Å². The van der Waals surface area contributed by atoms with E-state index in [0.29, 0.717) is 19.3 Å². The molecule has 1 N–H and O–H groups in total. The van der Waals surface area contributed by atoms with E-state index in [1.54, 1.807) is 25.2 Å². The summed E-state index contributed by atoms with van der Waals surface area (Å²) in [7, 11) is 0. The van der Waals surface area contributed by atoms with Crippen molar-refractivity contribution in [3.8, 4) is 0 Å². The van der Waals surface area contributed by atoms with E-state index in [2.05, 4.69) is 26.1 Å². The maximum atomic E-state index is 13.5. The molecule has 10 heteroatoms. The molecule has 48 heavy (non-hydrogen) atoms. The highest BCUT2D eigenvalue weighted by molar-refractivity contribution is 5.92. The number of hydrogen-bond donors (Lipinski definition) is 1. The fraction of sp³-hybridized carbons (Fsp3) is 0.737. The van der Waals surface area contributed by atoms with E-state index < -0.39 is 29.4 Å². The molecule has 11 unspecified atom stereocenters. The second kappa shape index (κ2) is 15.5. The van der Waals surface area contributed by atoms with E-state index in [-0.39, 0.29) is 79.1 Å². The Morgan fingerprint density at radius 1 is 0.958 bits per heavy atom. The number of nitrogens with one attached hydrogen (secondary N) is 1. The van der Waals surface area contributed by atoms with E-state index in [1.165, 1.54) is 12.3 Å². The van der Waals surface area contributed by atoms with Gasteiger partial charge in [0.15, 0.2) is 17.7 Å². The summed E-state index contributed by atoms with van der Waals surface area (Å²) in [5, 5.41) is 2.68. The van der Waals surface area contributed by atoms with Gasteiger partial charge in [-0.1, -0.05) is 45.4 Å². The number of fused-ring (bicyclic) bond motifs is 2. The highest BCUT2D eigenvalue weighted by atomic mass is 16.7. The Kier molecular flexibility index (Phi) is 11.8. The zero-order chi connectivity index (χ0) is 34.6. The van der Waals surface area contributed by atoms with Crippen LogP contribution in [-0.2, 0) is 42.9 Å². The number of epoxide rings is 1. The van der Waals surface area contributed by atoms with Crippen molar-refractivity contribution in [2.24, 2.45) is 17.8 Å². The lowest BCUT2D eigenvalue weighted by atomic mass is 9.78. The molecule has 7 aliphatic heterocycles. The Hall–Kier alpha value is -2.66. The highest BCUT2D eigenvalue weighted by Crippen LogP contribution is 2.52. The van der Waals surface area contributed by atoms with Gasteiger partial charge in [-0.3, -0.25) is 14.4 Å². The number of ketones is 2. The van der Waals surface area contributed by atoms with Crippen LogP contribution in [0.1, 0.15) is 112 Å². The van der Waals surface area contributed by atoms with Gasteiger partial charge in [-0.25, -0.2) is 4.79 Å². The molecule has 1 spiro atoms. The summed E-state index contributed by atoms with van der Waals surface area (Å²) in [6.45, 7) is 11.9. The zero-order valence-corrected chi connectivity index (χ0v) is 29.5. The van der Waals surface area contributed by atoms with Gasteiger partial charge in [-0.05, 0) is 64.4 Å². The van der Waals surface area contributed by atoms with Crippen molar-refractivity contribution >= 4 is 23.4 Å². The van der Waals surface area contributed by atoms with Crippen molar-refractivity contribution in [3.63, 3.8) is 0 Å². The molecule has 0 saturated carbocycles. The van der Waals surface area contributed by atoms with Crippen LogP contribution in [0, 0.1) is 17.8 Å². The zero-order valence-electron chi connectivity index (χ0n) is 29.5. The van der Waals surface area contributed by atoms with Gasteiger partial charge in [0.25, 0.3) is 0 Å². The maximum Gasteiger partial charge on any atom is 0.331 e. The molecule has 10 nitrogen and oxygen atoms in total. The van der Waals surface area contributed by atoms with Crippen LogP contribution in [-0.4, -0.2) is 71.5 Å². The maximum absolute atomic E-state index is 13.5. The molecule has 0 aromatic carbocycles. The molecule has 0 aliphatic carbocycles. The Morgan fingerprint density at radius 3 is 2.52 bits per heavy atom. The number of esters is 1. The number of rotatable bonds is 6. The molecule has 5 bridgehead atoms. The lowest BCUT2D eigenvalue weighted by Crippen LogP contribution is -2.60. The third-order valence-corrected chi connectivity index (χ3v) is 11.1. The van der Waals surface area contributed by atoms with Gasteiger partial charge < -0.3 is 29.0 Å². The van der Waals surface area contributed by atoms with Crippen molar-refractivity contribution in [1.29, 1.82) is 0 Å². The second-order valence-corrected chi connectivity index (χ2v) is 15.0. The third kappa shape index (κ3) is 8.73. The minimum Gasteiger partial charge on any atom is -0.451 e. The largest absolute Gasteiger partial charge is 0.451 e. The molecular weight excluding hydrogens is 614 g/mol. The highest BCUT2D eigenvalue weighted by Gasteiger charge is 2.59. The average molecular weight is 670 g/mol. The molecular formula is C38H55NO9. The lowest BCUT2D eigenvalue weighted by Gasteiger charge is -2.53. The minimum atomic E-state index is -1.05. The average Bonchev–Trinajstić information content (AvgIpc) is 3.73. The predicted molar refractivity (Wildman–Crippen MR) is 178 cm³/mol. The van der Waals surface area contributed by atoms with E-state index in [4.69, 9.17) is 23.7 Å². The number of hydrogen-bond acceptors (Lipinski definition) is 9. The molecule has 0 aromatic heterocycles. The van der Waals surface area contributed by atoms with Crippen LogP contribution in [0.25, 0.3) is 0 Å². The smallest absolute Gasteiger partial charge is 0.331 e. The molecule has 7 rings (SSSR count). The lowest BCUT2D eigenvalue weighted by molar-refractivity contribution is -0.344. The van der Waals surface area contributed by atoms with Gasteiger partial charge in [0, 0.05) is 56.2 Å². The second-order valence-electron chi connectivity index (χ2n) is 15.0. The van der Waals surface area contributed by atoms with Gasteiger partial charge in [0.2, 0.25) is 5.91 Å². The Labute approximate surface area is 285 Å². The Bertz CT molecular complexity index is 1310. The minimum absolute atomic E-state index is 0.00994. The van der Waals surface area contributed by atoms with Crippen LogP contribution in [0.5, 0.6) is 0 Å².